The number of amides is 4. The Bertz CT molecular complexity index is 1250. The van der Waals surface area contributed by atoms with Crippen LogP contribution in [0.5, 0.6) is 0 Å². The lowest BCUT2D eigenvalue weighted by molar-refractivity contribution is 0.0692. The molecular formula is C21H12N4O4. The molecule has 0 radical (unpaired) electrons. The Morgan fingerprint density at radius 1 is 0.655 bits per heavy atom. The first-order valence-corrected chi connectivity index (χ1v) is 8.74. The molecule has 0 aliphatic carbocycles. The Hall–Kier alpha value is -4.20. The standard InChI is InChI=1S/C21H12N4O4/c1-24-17(26)13-5-3-11(9-15(13)18(24)27)12-4-6-14-16(10-12)20(29)25(19(14)28)21-22-7-2-8-23-21/h2-10H,1H3. The van der Waals surface area contributed by atoms with Gasteiger partial charge in [0.25, 0.3) is 23.6 Å². The van der Waals surface area contributed by atoms with E-state index in [1.807, 2.05) is 0 Å². The zero-order valence-electron chi connectivity index (χ0n) is 15.1. The van der Waals surface area contributed by atoms with Gasteiger partial charge in [-0.1, -0.05) is 12.1 Å². The van der Waals surface area contributed by atoms with Crippen LogP contribution in [0.3, 0.4) is 0 Å². The SMILES string of the molecule is CN1C(=O)c2ccc(-c3ccc4c(c3)C(=O)N(c3ncccn3)C4=O)cc2C1=O. The fourth-order valence-electron chi connectivity index (χ4n) is 3.55. The Kier molecular flexibility index (Phi) is 3.44. The molecule has 1 aromatic heterocycles. The van der Waals surface area contributed by atoms with Crippen molar-refractivity contribution in [3.63, 3.8) is 0 Å². The maximum atomic E-state index is 12.8. The first-order valence-electron chi connectivity index (χ1n) is 8.74. The molecule has 0 spiro atoms. The van der Waals surface area contributed by atoms with E-state index in [1.165, 1.54) is 19.4 Å². The van der Waals surface area contributed by atoms with Gasteiger partial charge < -0.3 is 0 Å². The topological polar surface area (TPSA) is 101 Å². The van der Waals surface area contributed by atoms with Crippen molar-refractivity contribution < 1.29 is 19.2 Å². The van der Waals surface area contributed by atoms with E-state index in [0.29, 0.717) is 22.3 Å². The van der Waals surface area contributed by atoms with Crippen molar-refractivity contribution in [1.29, 1.82) is 0 Å². The smallest absolute Gasteiger partial charge is 0.268 e. The number of carbonyl (C=O) groups is 4. The quantitative estimate of drug-likeness (QED) is 0.628. The summed E-state index contributed by atoms with van der Waals surface area (Å²) in [5.74, 6) is -1.69. The number of benzene rings is 2. The summed E-state index contributed by atoms with van der Waals surface area (Å²) in [6.07, 6.45) is 2.91. The van der Waals surface area contributed by atoms with Gasteiger partial charge >= 0.3 is 0 Å². The Balaban J connectivity index is 1.57. The zero-order chi connectivity index (χ0) is 20.3. The average molecular weight is 384 g/mol. The van der Waals surface area contributed by atoms with E-state index in [1.54, 1.807) is 42.5 Å². The van der Waals surface area contributed by atoms with Gasteiger partial charge in [0.2, 0.25) is 5.95 Å². The van der Waals surface area contributed by atoms with Gasteiger partial charge in [0.05, 0.1) is 22.3 Å². The summed E-state index contributed by atoms with van der Waals surface area (Å²) in [6.45, 7) is 0. The predicted octanol–water partition coefficient (Wildman–Crippen LogP) is 2.17. The second-order valence-corrected chi connectivity index (χ2v) is 6.68. The van der Waals surface area contributed by atoms with E-state index in [0.717, 1.165) is 9.80 Å². The van der Waals surface area contributed by atoms with Crippen LogP contribution in [0.15, 0.2) is 54.9 Å². The monoisotopic (exact) mass is 384 g/mol. The molecule has 8 heteroatoms. The van der Waals surface area contributed by atoms with Gasteiger partial charge in [-0.3, -0.25) is 24.1 Å². The first kappa shape index (κ1) is 16.9. The van der Waals surface area contributed by atoms with E-state index >= 15 is 0 Å². The molecule has 3 aromatic rings. The summed E-state index contributed by atoms with van der Waals surface area (Å²) in [4.78, 5) is 59.8. The summed E-state index contributed by atoms with van der Waals surface area (Å²) in [6, 6.07) is 11.4. The minimum absolute atomic E-state index is 0.0185. The number of nitrogens with zero attached hydrogens (tertiary/aromatic N) is 4. The fourth-order valence-corrected chi connectivity index (χ4v) is 3.55. The molecule has 0 fully saturated rings. The summed E-state index contributed by atoms with van der Waals surface area (Å²) >= 11 is 0. The minimum Gasteiger partial charge on any atom is -0.277 e. The van der Waals surface area contributed by atoms with Gasteiger partial charge in [-0.05, 0) is 41.5 Å². The number of carbonyl (C=O) groups excluding carboxylic acids is 4. The van der Waals surface area contributed by atoms with Crippen molar-refractivity contribution in [2.24, 2.45) is 0 Å². The van der Waals surface area contributed by atoms with Gasteiger partial charge in [-0.2, -0.15) is 0 Å². The third-order valence-electron chi connectivity index (χ3n) is 5.06. The number of rotatable bonds is 2. The molecule has 8 nitrogen and oxygen atoms in total. The maximum absolute atomic E-state index is 12.8. The first-order chi connectivity index (χ1) is 14.0. The number of fused-ring (bicyclic) bond motifs is 2. The number of aromatic nitrogens is 2. The number of anilines is 1. The predicted molar refractivity (Wildman–Crippen MR) is 101 cm³/mol. The second-order valence-electron chi connectivity index (χ2n) is 6.68. The summed E-state index contributed by atoms with van der Waals surface area (Å²) < 4.78 is 0. The highest BCUT2D eigenvalue weighted by Gasteiger charge is 2.38. The zero-order valence-corrected chi connectivity index (χ0v) is 15.1. The summed E-state index contributed by atoms with van der Waals surface area (Å²) in [5.41, 5.74) is 2.48. The van der Waals surface area contributed by atoms with Gasteiger partial charge in [0.1, 0.15) is 0 Å². The van der Waals surface area contributed by atoms with E-state index in [4.69, 9.17) is 0 Å². The minimum atomic E-state index is -0.509. The lowest BCUT2D eigenvalue weighted by atomic mass is 9.97. The molecule has 0 bridgehead atoms. The molecular weight excluding hydrogens is 372 g/mol. The highest BCUT2D eigenvalue weighted by atomic mass is 16.2. The second kappa shape index (κ2) is 5.90. The van der Waals surface area contributed by atoms with Crippen LogP contribution in [-0.4, -0.2) is 45.5 Å². The van der Waals surface area contributed by atoms with Crippen molar-refractivity contribution in [2.45, 2.75) is 0 Å². The van der Waals surface area contributed by atoms with Crippen molar-refractivity contribution in [3.8, 4) is 11.1 Å². The molecule has 0 saturated heterocycles. The summed E-state index contributed by atoms with van der Waals surface area (Å²) in [5, 5.41) is 0. The highest BCUT2D eigenvalue weighted by molar-refractivity contribution is 6.34. The molecule has 140 valence electrons. The molecule has 2 aliphatic heterocycles. The molecule has 2 aliphatic rings. The third kappa shape index (κ3) is 2.32. The van der Waals surface area contributed by atoms with E-state index < -0.39 is 11.8 Å². The van der Waals surface area contributed by atoms with Crippen LogP contribution in [0.4, 0.5) is 5.95 Å². The van der Waals surface area contributed by atoms with E-state index in [9.17, 15) is 19.2 Å². The number of imide groups is 2. The largest absolute Gasteiger partial charge is 0.277 e. The lowest BCUT2D eigenvalue weighted by Gasteiger charge is -2.10. The van der Waals surface area contributed by atoms with Crippen molar-refractivity contribution in [2.75, 3.05) is 11.9 Å². The third-order valence-corrected chi connectivity index (χ3v) is 5.06. The molecule has 4 amide bonds. The van der Waals surface area contributed by atoms with E-state index in [-0.39, 0.29) is 28.9 Å². The van der Waals surface area contributed by atoms with Crippen molar-refractivity contribution in [1.82, 2.24) is 14.9 Å². The Morgan fingerprint density at radius 3 is 1.76 bits per heavy atom. The van der Waals surface area contributed by atoms with Gasteiger partial charge in [0.15, 0.2) is 0 Å². The van der Waals surface area contributed by atoms with Crippen LogP contribution < -0.4 is 4.90 Å². The number of hydrogen-bond acceptors (Lipinski definition) is 6. The average Bonchev–Trinajstić information content (AvgIpc) is 3.13. The molecule has 29 heavy (non-hydrogen) atoms. The molecule has 0 saturated carbocycles. The highest BCUT2D eigenvalue weighted by Crippen LogP contribution is 2.32. The van der Waals surface area contributed by atoms with Gasteiger partial charge in [-0.25, -0.2) is 14.9 Å². The maximum Gasteiger partial charge on any atom is 0.268 e. The van der Waals surface area contributed by atoms with Crippen LogP contribution in [0.2, 0.25) is 0 Å². The molecule has 0 atom stereocenters. The lowest BCUT2D eigenvalue weighted by Crippen LogP contribution is -2.30. The van der Waals surface area contributed by atoms with Crippen LogP contribution in [0.1, 0.15) is 41.4 Å². The van der Waals surface area contributed by atoms with Crippen molar-refractivity contribution >= 4 is 29.6 Å². The van der Waals surface area contributed by atoms with Gasteiger partial charge in [-0.15, -0.1) is 0 Å². The molecule has 0 N–H and O–H groups in total. The van der Waals surface area contributed by atoms with Crippen LogP contribution in [0, 0.1) is 0 Å². The Labute approximate surface area is 164 Å². The number of hydrogen-bond donors (Lipinski definition) is 0. The van der Waals surface area contributed by atoms with Gasteiger partial charge in [0, 0.05) is 19.4 Å². The molecule has 2 aromatic carbocycles. The fraction of sp³-hybridized carbons (Fsp3) is 0.0476. The van der Waals surface area contributed by atoms with Crippen molar-refractivity contribution in [3.05, 3.63) is 77.1 Å². The summed E-state index contributed by atoms with van der Waals surface area (Å²) in [7, 11) is 1.43. The van der Waals surface area contributed by atoms with Crippen LogP contribution in [0.25, 0.3) is 11.1 Å². The molecule has 3 heterocycles. The Morgan fingerprint density at radius 2 is 1.14 bits per heavy atom. The van der Waals surface area contributed by atoms with E-state index in [2.05, 4.69) is 9.97 Å². The van der Waals surface area contributed by atoms with Crippen LogP contribution in [-0.2, 0) is 0 Å². The van der Waals surface area contributed by atoms with Crippen LogP contribution >= 0.6 is 0 Å². The molecule has 0 unspecified atom stereocenters. The normalized spacial score (nSPS) is 15.2. The molecule has 5 rings (SSSR count).